The summed E-state index contributed by atoms with van der Waals surface area (Å²) < 4.78 is 0. The number of carbonyl (C=O) groups is 2. The van der Waals surface area contributed by atoms with E-state index in [9.17, 15) is 14.7 Å². The number of fused-ring (bicyclic) bond motifs is 1. The molecule has 7 nitrogen and oxygen atoms in total. The van der Waals surface area contributed by atoms with Crippen LogP contribution in [0.25, 0.3) is 10.9 Å². The number of halogens is 1. The summed E-state index contributed by atoms with van der Waals surface area (Å²) in [6, 6.07) is 7.24. The second-order valence-corrected chi connectivity index (χ2v) is 9.92. The molecule has 8 heteroatoms. The molecule has 1 saturated heterocycles. The van der Waals surface area contributed by atoms with Crippen molar-refractivity contribution in [2.45, 2.75) is 46.6 Å². The lowest BCUT2D eigenvalue weighted by Gasteiger charge is -2.30. The highest BCUT2D eigenvalue weighted by Gasteiger charge is 2.30. The molecular weight excluding hydrogens is 416 g/mol. The van der Waals surface area contributed by atoms with Crippen molar-refractivity contribution in [1.29, 1.82) is 0 Å². The third kappa shape index (κ3) is 6.00. The third-order valence-electron chi connectivity index (χ3n) is 5.52. The fraction of sp³-hybridized carbons (Fsp3) is 0.522. The highest BCUT2D eigenvalue weighted by Crippen LogP contribution is 2.38. The molecule has 1 aromatic heterocycles. The average Bonchev–Trinajstić information content (AvgIpc) is 3.13. The van der Waals surface area contributed by atoms with Gasteiger partial charge in [0.05, 0.1) is 16.6 Å². The van der Waals surface area contributed by atoms with Crippen molar-refractivity contribution in [2.75, 3.05) is 24.5 Å². The minimum atomic E-state index is -1.06. The van der Waals surface area contributed by atoms with E-state index in [1.54, 1.807) is 0 Å². The molecule has 1 aliphatic rings. The van der Waals surface area contributed by atoms with Gasteiger partial charge in [-0.15, -0.1) is 0 Å². The Kier molecular flexibility index (Phi) is 6.94. The number of pyridine rings is 1. The van der Waals surface area contributed by atoms with Crippen LogP contribution in [-0.4, -0.2) is 41.7 Å². The first-order chi connectivity index (χ1) is 14.5. The molecule has 1 aliphatic heterocycles. The summed E-state index contributed by atoms with van der Waals surface area (Å²) in [5.41, 5.74) is 1.47. The predicted molar refractivity (Wildman–Crippen MR) is 124 cm³/mol. The normalized spacial score (nSPS) is 17.6. The average molecular weight is 447 g/mol. The molecule has 31 heavy (non-hydrogen) atoms. The van der Waals surface area contributed by atoms with Crippen LogP contribution in [0.4, 0.5) is 10.6 Å². The van der Waals surface area contributed by atoms with Crippen LogP contribution in [0, 0.1) is 11.3 Å². The lowest BCUT2D eigenvalue weighted by molar-refractivity contribution is -0.119. The molecule has 3 N–H and O–H groups in total. The van der Waals surface area contributed by atoms with Crippen molar-refractivity contribution in [3.05, 3.63) is 34.9 Å². The number of nitrogens with one attached hydrogen (secondary N) is 2. The number of nitrogens with zero attached hydrogens (tertiary/aromatic N) is 2. The summed E-state index contributed by atoms with van der Waals surface area (Å²) in [6.45, 7) is 9.94. The Hall–Kier alpha value is -2.54. The minimum absolute atomic E-state index is 0.0364. The first-order valence-electron chi connectivity index (χ1n) is 10.6. The number of hydrogen-bond donors (Lipinski definition) is 3. The fourth-order valence-corrected chi connectivity index (χ4v) is 4.38. The summed E-state index contributed by atoms with van der Waals surface area (Å²) in [6.07, 6.45) is 0.498. The summed E-state index contributed by atoms with van der Waals surface area (Å²) in [5.74, 6) is 1.04. The van der Waals surface area contributed by atoms with Crippen molar-refractivity contribution in [2.24, 2.45) is 11.3 Å². The summed E-state index contributed by atoms with van der Waals surface area (Å²) in [4.78, 5) is 30.0. The van der Waals surface area contributed by atoms with E-state index in [2.05, 4.69) is 36.3 Å². The number of carbonyl (C=O) groups excluding carboxylic acids is 1. The predicted octanol–water partition coefficient (Wildman–Crippen LogP) is 4.60. The zero-order chi connectivity index (χ0) is 22.8. The Morgan fingerprint density at radius 1 is 1.35 bits per heavy atom. The molecule has 0 spiro atoms. The first kappa shape index (κ1) is 23.1. The maximum Gasteiger partial charge on any atom is 0.405 e. The van der Waals surface area contributed by atoms with Crippen LogP contribution in [0.3, 0.4) is 0 Å². The van der Waals surface area contributed by atoms with Crippen molar-refractivity contribution in [3.63, 3.8) is 0 Å². The third-order valence-corrected chi connectivity index (χ3v) is 5.82. The minimum Gasteiger partial charge on any atom is -0.465 e. The second kappa shape index (κ2) is 9.30. The van der Waals surface area contributed by atoms with Gasteiger partial charge in [0, 0.05) is 37.5 Å². The zero-order valence-electron chi connectivity index (χ0n) is 18.5. The molecule has 0 aliphatic carbocycles. The second-order valence-electron chi connectivity index (χ2n) is 9.52. The lowest BCUT2D eigenvalue weighted by atomic mass is 9.85. The van der Waals surface area contributed by atoms with Gasteiger partial charge in [-0.1, -0.05) is 44.5 Å². The molecule has 168 valence electrons. The van der Waals surface area contributed by atoms with Gasteiger partial charge in [0.2, 0.25) is 5.91 Å². The highest BCUT2D eigenvalue weighted by atomic mass is 35.5. The van der Waals surface area contributed by atoms with Crippen LogP contribution in [0.2, 0.25) is 5.02 Å². The number of benzene rings is 1. The Balaban J connectivity index is 2.04. The molecule has 3 rings (SSSR count). The first-order valence-corrected chi connectivity index (χ1v) is 11.0. The van der Waals surface area contributed by atoms with Crippen LogP contribution < -0.4 is 15.5 Å². The van der Waals surface area contributed by atoms with Gasteiger partial charge in [0.15, 0.2) is 0 Å². The molecule has 1 aromatic carbocycles. The Morgan fingerprint density at radius 2 is 2.10 bits per heavy atom. The summed E-state index contributed by atoms with van der Waals surface area (Å²) >= 11 is 6.43. The lowest BCUT2D eigenvalue weighted by Crippen LogP contribution is -2.33. The van der Waals surface area contributed by atoms with Gasteiger partial charge in [0.1, 0.15) is 5.82 Å². The molecule has 2 amide bonds. The molecule has 2 heterocycles. The molecule has 2 aromatic rings. The number of anilines is 1. The Morgan fingerprint density at radius 3 is 2.74 bits per heavy atom. The van der Waals surface area contributed by atoms with Gasteiger partial charge < -0.3 is 20.6 Å². The van der Waals surface area contributed by atoms with Crippen molar-refractivity contribution in [1.82, 2.24) is 15.6 Å². The van der Waals surface area contributed by atoms with E-state index in [1.807, 2.05) is 24.3 Å². The maximum atomic E-state index is 11.6. The van der Waals surface area contributed by atoms with Gasteiger partial charge in [-0.2, -0.15) is 0 Å². The monoisotopic (exact) mass is 446 g/mol. The van der Waals surface area contributed by atoms with Crippen LogP contribution in [0.5, 0.6) is 0 Å². The largest absolute Gasteiger partial charge is 0.465 e. The van der Waals surface area contributed by atoms with Crippen LogP contribution in [0.15, 0.2) is 24.3 Å². The summed E-state index contributed by atoms with van der Waals surface area (Å²) in [5, 5.41) is 16.6. The molecule has 1 fully saturated rings. The highest BCUT2D eigenvalue weighted by molar-refractivity contribution is 6.35. The molecule has 0 unspecified atom stereocenters. The molecule has 0 radical (unpaired) electrons. The van der Waals surface area contributed by atoms with Gasteiger partial charge in [-0.3, -0.25) is 4.79 Å². The van der Waals surface area contributed by atoms with Crippen molar-refractivity contribution < 1.29 is 14.7 Å². The van der Waals surface area contributed by atoms with Crippen molar-refractivity contribution >= 4 is 40.3 Å². The van der Waals surface area contributed by atoms with E-state index in [-0.39, 0.29) is 11.3 Å². The SMILES string of the molecule is CC(=O)NC[C@@H]1CCN(c2nc3c(Cl)cccc3cc2[C@H](CC(C)(C)C)NC(=O)O)C1. The molecule has 2 atom stereocenters. The van der Waals surface area contributed by atoms with E-state index >= 15 is 0 Å². The van der Waals surface area contributed by atoms with E-state index in [0.717, 1.165) is 36.3 Å². The topological polar surface area (TPSA) is 94.6 Å². The molecule has 0 saturated carbocycles. The van der Waals surface area contributed by atoms with E-state index in [4.69, 9.17) is 16.6 Å². The smallest absolute Gasteiger partial charge is 0.405 e. The molecular formula is C23H31ClN4O3. The van der Waals surface area contributed by atoms with Gasteiger partial charge in [0.25, 0.3) is 0 Å². The van der Waals surface area contributed by atoms with Crippen LogP contribution >= 0.6 is 11.6 Å². The van der Waals surface area contributed by atoms with E-state index < -0.39 is 12.1 Å². The number of hydrogen-bond acceptors (Lipinski definition) is 4. The number of aromatic nitrogens is 1. The standard InChI is InChI=1S/C23H31ClN4O3/c1-14(29)25-12-15-8-9-28(13-15)21-17(19(26-22(30)31)11-23(2,3)4)10-16-6-5-7-18(24)20(16)27-21/h5-7,10,15,19,26H,8-9,11-13H2,1-4H3,(H,25,29)(H,30,31)/t15-,19-/m0/s1. The number of rotatable bonds is 6. The van der Waals surface area contributed by atoms with Crippen LogP contribution in [0.1, 0.15) is 52.1 Å². The molecule has 0 bridgehead atoms. The van der Waals surface area contributed by atoms with Gasteiger partial charge >= 0.3 is 6.09 Å². The van der Waals surface area contributed by atoms with E-state index in [0.29, 0.717) is 29.4 Å². The fourth-order valence-electron chi connectivity index (χ4n) is 4.16. The van der Waals surface area contributed by atoms with Gasteiger partial charge in [-0.05, 0) is 36.3 Å². The Labute approximate surface area is 188 Å². The summed E-state index contributed by atoms with van der Waals surface area (Å²) in [7, 11) is 0. The number of para-hydroxylation sites is 1. The maximum absolute atomic E-state index is 11.6. The quantitative estimate of drug-likeness (QED) is 0.603. The van der Waals surface area contributed by atoms with Crippen LogP contribution in [-0.2, 0) is 4.79 Å². The number of amides is 2. The van der Waals surface area contributed by atoms with E-state index in [1.165, 1.54) is 6.92 Å². The zero-order valence-corrected chi connectivity index (χ0v) is 19.3. The van der Waals surface area contributed by atoms with Crippen molar-refractivity contribution in [3.8, 4) is 0 Å². The van der Waals surface area contributed by atoms with Gasteiger partial charge in [-0.25, -0.2) is 9.78 Å². The number of carboxylic acid groups (broad SMARTS) is 1. The Bertz CT molecular complexity index is 973.